The molecule has 0 spiro atoms. The molecule has 0 rings (SSSR count). The topological polar surface area (TPSA) is 18.5 Å². The van der Waals surface area contributed by atoms with Crippen molar-refractivity contribution in [3.8, 4) is 0 Å². The third-order valence-corrected chi connectivity index (χ3v) is 7.97. The van der Waals surface area contributed by atoms with E-state index in [1.807, 2.05) is 13.8 Å². The van der Waals surface area contributed by atoms with E-state index in [-0.39, 0.29) is 0 Å². The van der Waals surface area contributed by atoms with E-state index in [4.69, 9.17) is 20.9 Å². The van der Waals surface area contributed by atoms with E-state index in [9.17, 15) is 0 Å². The molecule has 0 atom stereocenters. The van der Waals surface area contributed by atoms with Gasteiger partial charge in [-0.3, -0.25) is 0 Å². The van der Waals surface area contributed by atoms with Crippen LogP contribution >= 0.6 is 17.1 Å². The van der Waals surface area contributed by atoms with Crippen molar-refractivity contribution in [3.05, 3.63) is 0 Å². The van der Waals surface area contributed by atoms with Crippen molar-refractivity contribution >= 4 is 28.9 Å². The van der Waals surface area contributed by atoms with Crippen LogP contribution in [0, 0.1) is 0 Å². The highest BCUT2D eigenvalue weighted by Gasteiger charge is 2.17. The second-order valence-corrected chi connectivity index (χ2v) is 10.3. The summed E-state index contributed by atoms with van der Waals surface area (Å²) in [6, 6.07) is 0. The molecule has 104 valence electrons. The number of hydrogen-bond donors (Lipinski definition) is 0. The van der Waals surface area contributed by atoms with Gasteiger partial charge in [0.25, 0.3) is 0 Å². The van der Waals surface area contributed by atoms with E-state index in [2.05, 4.69) is 6.92 Å². The molecule has 0 aromatic carbocycles. The first kappa shape index (κ1) is 17.9. The van der Waals surface area contributed by atoms with Gasteiger partial charge in [0.2, 0.25) is 5.69 Å². The fourth-order valence-electron chi connectivity index (χ4n) is 1.49. The summed E-state index contributed by atoms with van der Waals surface area (Å²) in [5, 5.41) is 0. The van der Waals surface area contributed by atoms with Gasteiger partial charge in [0, 0.05) is 5.75 Å². The van der Waals surface area contributed by atoms with Crippen molar-refractivity contribution in [3.63, 3.8) is 0 Å². The van der Waals surface area contributed by atoms with Gasteiger partial charge in [-0.2, -0.15) is 0 Å². The molecule has 5 heteroatoms. The Morgan fingerprint density at radius 1 is 0.882 bits per heavy atom. The van der Waals surface area contributed by atoms with Crippen LogP contribution in [-0.2, 0) is 20.9 Å². The summed E-state index contributed by atoms with van der Waals surface area (Å²) < 4.78 is 11.2. The summed E-state index contributed by atoms with van der Waals surface area (Å²) in [6.07, 6.45) is 7.92. The van der Waals surface area contributed by atoms with E-state index in [0.717, 1.165) is 5.75 Å². The highest BCUT2D eigenvalue weighted by Crippen LogP contribution is 2.61. The fourth-order valence-corrected chi connectivity index (χ4v) is 6.34. The molecular weight excluding hydrogens is 271 g/mol. The third kappa shape index (κ3) is 10.5. The first-order chi connectivity index (χ1) is 8.18. The van der Waals surface area contributed by atoms with Gasteiger partial charge in [0.15, 0.2) is 0 Å². The largest absolute Gasteiger partial charge is 0.322 e. The second kappa shape index (κ2) is 12.0. The zero-order valence-corrected chi connectivity index (χ0v) is 14.0. The molecule has 0 aromatic heterocycles. The zero-order valence-electron chi connectivity index (χ0n) is 11.4. The molecule has 0 aliphatic heterocycles. The smallest absolute Gasteiger partial charge is 0.247 e. The Labute approximate surface area is 116 Å². The van der Waals surface area contributed by atoms with E-state index in [1.54, 1.807) is 11.4 Å². The van der Waals surface area contributed by atoms with Gasteiger partial charge in [-0.25, -0.2) is 0 Å². The molecule has 0 heterocycles. The van der Waals surface area contributed by atoms with Gasteiger partial charge < -0.3 is 9.05 Å². The Morgan fingerprint density at radius 3 is 1.94 bits per heavy atom. The molecule has 0 saturated carbocycles. The molecule has 0 aliphatic carbocycles. The maximum atomic E-state index is 5.58. The Morgan fingerprint density at radius 2 is 1.41 bits per heavy atom. The van der Waals surface area contributed by atoms with Crippen LogP contribution in [0.1, 0.15) is 59.3 Å². The average molecular weight is 298 g/mol. The van der Waals surface area contributed by atoms with Crippen LogP contribution in [0.5, 0.6) is 0 Å². The summed E-state index contributed by atoms with van der Waals surface area (Å²) in [7, 11) is 0. The zero-order chi connectivity index (χ0) is 13.0. The quantitative estimate of drug-likeness (QED) is 0.355. The van der Waals surface area contributed by atoms with Gasteiger partial charge in [-0.15, -0.1) is 0 Å². The second-order valence-electron chi connectivity index (χ2n) is 3.88. The lowest BCUT2D eigenvalue weighted by atomic mass is 10.1. The van der Waals surface area contributed by atoms with Gasteiger partial charge in [0.1, 0.15) is 0 Å². The van der Waals surface area contributed by atoms with Crippen LogP contribution in [0.2, 0.25) is 0 Å². The predicted octanol–water partition coefficient (Wildman–Crippen LogP) is 5.38. The number of rotatable bonds is 12. The molecule has 0 bridgehead atoms. The molecule has 0 fully saturated rings. The molecule has 0 amide bonds. The van der Waals surface area contributed by atoms with E-state index in [0.29, 0.717) is 13.2 Å². The normalized spacial score (nSPS) is 11.9. The molecule has 0 aromatic rings. The Bertz CT molecular complexity index is 203. The lowest BCUT2D eigenvalue weighted by Gasteiger charge is -2.19. The van der Waals surface area contributed by atoms with Crippen LogP contribution in [0.15, 0.2) is 0 Å². The van der Waals surface area contributed by atoms with Crippen molar-refractivity contribution in [1.29, 1.82) is 0 Å². The molecule has 17 heavy (non-hydrogen) atoms. The van der Waals surface area contributed by atoms with Crippen LogP contribution in [0.4, 0.5) is 0 Å². The van der Waals surface area contributed by atoms with E-state index < -0.39 is 5.69 Å². The first-order valence-corrected chi connectivity index (χ1v) is 10.9. The molecule has 0 radical (unpaired) electrons. The minimum absolute atomic E-state index is 0.654. The summed E-state index contributed by atoms with van der Waals surface area (Å²) >= 11 is 7.17. The first-order valence-electron chi connectivity index (χ1n) is 6.72. The lowest BCUT2D eigenvalue weighted by molar-refractivity contribution is 0.280. The third-order valence-electron chi connectivity index (χ3n) is 2.32. The van der Waals surface area contributed by atoms with Gasteiger partial charge >= 0.3 is 0 Å². The molecule has 0 saturated heterocycles. The van der Waals surface area contributed by atoms with Gasteiger partial charge in [-0.1, -0.05) is 50.4 Å². The number of unbranched alkanes of at least 4 members (excludes halogenated alkanes) is 5. The minimum atomic E-state index is -2.03. The summed E-state index contributed by atoms with van der Waals surface area (Å²) in [4.78, 5) is 0. The van der Waals surface area contributed by atoms with Crippen molar-refractivity contribution in [2.24, 2.45) is 0 Å². The maximum absolute atomic E-state index is 5.58. The van der Waals surface area contributed by atoms with Crippen LogP contribution in [0.3, 0.4) is 0 Å². The Kier molecular flexibility index (Phi) is 12.6. The summed E-state index contributed by atoms with van der Waals surface area (Å²) in [5.74, 6) is 1.07. The highest BCUT2D eigenvalue weighted by molar-refractivity contribution is 8.67. The van der Waals surface area contributed by atoms with Crippen molar-refractivity contribution in [1.82, 2.24) is 0 Å². The van der Waals surface area contributed by atoms with Gasteiger partial charge in [0.05, 0.1) is 13.2 Å². The average Bonchev–Trinajstić information content (AvgIpc) is 2.28. The minimum Gasteiger partial charge on any atom is -0.322 e. The fraction of sp³-hybridized carbons (Fsp3) is 1.00. The molecular formula is C12H27O2PS2. The molecule has 0 N–H and O–H groups in total. The van der Waals surface area contributed by atoms with Crippen LogP contribution in [0.25, 0.3) is 0 Å². The Balaban J connectivity index is 3.58. The molecule has 0 aliphatic rings. The van der Waals surface area contributed by atoms with Gasteiger partial charge in [-0.05, 0) is 32.1 Å². The van der Waals surface area contributed by atoms with E-state index >= 15 is 0 Å². The van der Waals surface area contributed by atoms with Crippen LogP contribution < -0.4 is 0 Å². The lowest BCUT2D eigenvalue weighted by Crippen LogP contribution is -1.93. The maximum Gasteiger partial charge on any atom is 0.247 e. The predicted molar refractivity (Wildman–Crippen MR) is 83.4 cm³/mol. The monoisotopic (exact) mass is 298 g/mol. The Hall–Kier alpha value is 0.920. The van der Waals surface area contributed by atoms with Crippen molar-refractivity contribution in [2.75, 3.05) is 19.0 Å². The number of hydrogen-bond acceptors (Lipinski definition) is 4. The molecule has 0 unspecified atom stereocenters. The SMILES string of the molecule is CCCCCCCCSP(=S)(OCC)OCC. The standard InChI is InChI=1S/C12H27O2PS2/c1-4-7-8-9-10-11-12-17-15(16,13-5-2)14-6-3/h4-12H2,1-3H3. The molecule has 2 nitrogen and oxygen atoms in total. The van der Waals surface area contributed by atoms with Crippen molar-refractivity contribution in [2.45, 2.75) is 59.3 Å². The summed E-state index contributed by atoms with van der Waals surface area (Å²) in [6.45, 7) is 7.51. The van der Waals surface area contributed by atoms with Crippen molar-refractivity contribution < 1.29 is 9.05 Å². The van der Waals surface area contributed by atoms with E-state index in [1.165, 1.54) is 38.5 Å². The highest BCUT2D eigenvalue weighted by atomic mass is 32.9. The van der Waals surface area contributed by atoms with Crippen LogP contribution in [-0.4, -0.2) is 19.0 Å². The summed E-state index contributed by atoms with van der Waals surface area (Å²) in [5.41, 5.74) is -2.03.